The van der Waals surface area contributed by atoms with Crippen LogP contribution in [0.5, 0.6) is 0 Å². The highest BCUT2D eigenvalue weighted by atomic mass is 35.5. The Labute approximate surface area is 110 Å². The van der Waals surface area contributed by atoms with Gasteiger partial charge in [0.05, 0.1) is 23.5 Å². The second-order valence-corrected chi connectivity index (χ2v) is 4.27. The number of amides is 1. The summed E-state index contributed by atoms with van der Waals surface area (Å²) in [6.07, 6.45) is 7.39. The molecular weight excluding hydrogens is 252 g/mol. The number of carbonyl (C=O) groups is 1. The number of nitrogens with zero attached hydrogens (tertiary/aromatic N) is 4. The van der Waals surface area contributed by atoms with E-state index in [1.54, 1.807) is 34.2 Å². The van der Waals surface area contributed by atoms with Crippen LogP contribution in [0.1, 0.15) is 23.7 Å². The molecule has 0 aliphatic heterocycles. The van der Waals surface area contributed by atoms with Crippen LogP contribution in [-0.2, 0) is 0 Å². The predicted octanol–water partition coefficient (Wildman–Crippen LogP) is 1.82. The van der Waals surface area contributed by atoms with Gasteiger partial charge < -0.3 is 4.90 Å². The number of alkyl halides is 1. The fraction of sp³-hybridized carbons (Fsp3) is 0.417. The number of fused-ring (bicyclic) bond motifs is 1. The van der Waals surface area contributed by atoms with Crippen LogP contribution in [0.3, 0.4) is 0 Å². The minimum absolute atomic E-state index is 0.0226. The third-order valence-corrected chi connectivity index (χ3v) is 3.05. The van der Waals surface area contributed by atoms with E-state index in [1.165, 1.54) is 0 Å². The molecule has 0 radical (unpaired) electrons. The summed E-state index contributed by atoms with van der Waals surface area (Å²) in [6, 6.07) is 0. The zero-order chi connectivity index (χ0) is 13.0. The first-order valence-corrected chi connectivity index (χ1v) is 6.44. The summed E-state index contributed by atoms with van der Waals surface area (Å²) in [4.78, 5) is 18.2. The summed E-state index contributed by atoms with van der Waals surface area (Å²) >= 11 is 5.66. The van der Waals surface area contributed by atoms with Gasteiger partial charge in [0.15, 0.2) is 0 Å². The van der Waals surface area contributed by atoms with E-state index in [1.807, 2.05) is 6.92 Å². The number of hydrogen-bond donors (Lipinski definition) is 0. The van der Waals surface area contributed by atoms with Crippen LogP contribution in [-0.4, -0.2) is 44.4 Å². The van der Waals surface area contributed by atoms with Gasteiger partial charge in [0.1, 0.15) is 0 Å². The second kappa shape index (κ2) is 5.82. The Hall–Kier alpha value is -1.62. The first-order valence-electron chi connectivity index (χ1n) is 5.90. The summed E-state index contributed by atoms with van der Waals surface area (Å²) in [5, 5.41) is 4.14. The van der Waals surface area contributed by atoms with Gasteiger partial charge in [-0.2, -0.15) is 5.10 Å². The fourth-order valence-electron chi connectivity index (χ4n) is 1.82. The Bertz CT molecular complexity index is 540. The van der Waals surface area contributed by atoms with Crippen molar-refractivity contribution in [2.24, 2.45) is 0 Å². The lowest BCUT2D eigenvalue weighted by atomic mass is 10.2. The Morgan fingerprint density at radius 1 is 1.50 bits per heavy atom. The predicted molar refractivity (Wildman–Crippen MR) is 69.9 cm³/mol. The van der Waals surface area contributed by atoms with Crippen LogP contribution in [0.2, 0.25) is 0 Å². The van der Waals surface area contributed by atoms with Gasteiger partial charge in [-0.1, -0.05) is 0 Å². The molecule has 0 saturated heterocycles. The van der Waals surface area contributed by atoms with Gasteiger partial charge in [-0.15, -0.1) is 11.6 Å². The maximum Gasteiger partial charge on any atom is 0.257 e. The molecule has 0 unspecified atom stereocenters. The van der Waals surface area contributed by atoms with Crippen LogP contribution in [0.15, 0.2) is 24.8 Å². The molecule has 0 aliphatic rings. The fourth-order valence-corrected chi connectivity index (χ4v) is 1.94. The molecule has 0 spiro atoms. The lowest BCUT2D eigenvalue weighted by Gasteiger charge is -2.19. The molecule has 6 heteroatoms. The summed E-state index contributed by atoms with van der Waals surface area (Å²) in [5.41, 5.74) is 1.31. The molecule has 0 fully saturated rings. The normalized spacial score (nSPS) is 10.8. The van der Waals surface area contributed by atoms with Crippen molar-refractivity contribution in [2.45, 2.75) is 13.3 Å². The Kier molecular flexibility index (Phi) is 4.15. The van der Waals surface area contributed by atoms with Crippen molar-refractivity contribution in [3.05, 3.63) is 30.4 Å². The number of rotatable bonds is 5. The number of hydrogen-bond acceptors (Lipinski definition) is 3. The van der Waals surface area contributed by atoms with Crippen LogP contribution in [0, 0.1) is 0 Å². The number of halogens is 1. The van der Waals surface area contributed by atoms with Crippen molar-refractivity contribution in [1.82, 2.24) is 19.5 Å². The Morgan fingerprint density at radius 2 is 2.33 bits per heavy atom. The summed E-state index contributed by atoms with van der Waals surface area (Å²) in [7, 11) is 0. The highest BCUT2D eigenvalue weighted by molar-refractivity contribution is 6.17. The van der Waals surface area contributed by atoms with Gasteiger partial charge in [0.25, 0.3) is 5.91 Å². The molecule has 0 atom stereocenters. The van der Waals surface area contributed by atoms with E-state index < -0.39 is 0 Å². The molecule has 96 valence electrons. The number of carbonyl (C=O) groups excluding carboxylic acids is 1. The van der Waals surface area contributed by atoms with E-state index >= 15 is 0 Å². The Morgan fingerprint density at radius 3 is 3.06 bits per heavy atom. The first kappa shape index (κ1) is 12.8. The van der Waals surface area contributed by atoms with Crippen molar-refractivity contribution in [3.63, 3.8) is 0 Å². The van der Waals surface area contributed by atoms with Crippen LogP contribution in [0.4, 0.5) is 0 Å². The first-order chi connectivity index (χ1) is 8.77. The molecule has 2 aromatic heterocycles. The quantitative estimate of drug-likeness (QED) is 0.776. The van der Waals surface area contributed by atoms with Gasteiger partial charge in [0, 0.05) is 31.4 Å². The molecule has 2 aromatic rings. The van der Waals surface area contributed by atoms with E-state index in [2.05, 4.69) is 10.1 Å². The molecule has 2 rings (SSSR count). The molecular formula is C12H15ClN4O. The maximum absolute atomic E-state index is 12.4. The largest absolute Gasteiger partial charge is 0.339 e. The van der Waals surface area contributed by atoms with Crippen LogP contribution in [0.25, 0.3) is 5.52 Å². The molecule has 0 bridgehead atoms. The minimum Gasteiger partial charge on any atom is -0.339 e. The van der Waals surface area contributed by atoms with Crippen molar-refractivity contribution in [2.75, 3.05) is 19.0 Å². The average molecular weight is 267 g/mol. The van der Waals surface area contributed by atoms with Crippen LogP contribution >= 0.6 is 11.6 Å². The standard InChI is InChI=1S/C12H15ClN4O/c1-2-16(6-3-4-13)12(18)10-8-15-17-7-5-14-9-11(10)17/h5,7-9H,2-4,6H2,1H3. The third kappa shape index (κ3) is 2.46. The zero-order valence-electron chi connectivity index (χ0n) is 10.2. The van der Waals surface area contributed by atoms with Crippen LogP contribution < -0.4 is 0 Å². The van der Waals surface area contributed by atoms with Crippen molar-refractivity contribution < 1.29 is 4.79 Å². The molecule has 0 N–H and O–H groups in total. The van der Waals surface area contributed by atoms with Crippen molar-refractivity contribution in [1.29, 1.82) is 0 Å². The smallest absolute Gasteiger partial charge is 0.257 e. The van der Waals surface area contributed by atoms with Gasteiger partial charge in [-0.05, 0) is 13.3 Å². The minimum atomic E-state index is -0.0226. The lowest BCUT2D eigenvalue weighted by molar-refractivity contribution is 0.0767. The molecule has 0 aliphatic carbocycles. The number of aromatic nitrogens is 3. The third-order valence-electron chi connectivity index (χ3n) is 2.79. The summed E-state index contributed by atoms with van der Waals surface area (Å²) in [6.45, 7) is 3.28. The van der Waals surface area contributed by atoms with Crippen molar-refractivity contribution >= 4 is 23.0 Å². The molecule has 2 heterocycles. The molecule has 5 nitrogen and oxygen atoms in total. The van der Waals surface area contributed by atoms with E-state index in [-0.39, 0.29) is 5.91 Å². The van der Waals surface area contributed by atoms with Gasteiger partial charge in [0.2, 0.25) is 0 Å². The SMILES string of the molecule is CCN(CCCCl)C(=O)c1cnn2ccncc12. The topological polar surface area (TPSA) is 50.5 Å². The van der Waals surface area contributed by atoms with E-state index in [9.17, 15) is 4.79 Å². The van der Waals surface area contributed by atoms with Gasteiger partial charge in [-0.3, -0.25) is 9.78 Å². The molecule has 0 saturated carbocycles. The van der Waals surface area contributed by atoms with E-state index in [0.717, 1.165) is 11.9 Å². The second-order valence-electron chi connectivity index (χ2n) is 3.89. The average Bonchev–Trinajstić information content (AvgIpc) is 2.83. The highest BCUT2D eigenvalue weighted by Crippen LogP contribution is 2.12. The summed E-state index contributed by atoms with van der Waals surface area (Å²) in [5.74, 6) is 0.533. The highest BCUT2D eigenvalue weighted by Gasteiger charge is 2.18. The molecule has 0 aromatic carbocycles. The monoisotopic (exact) mass is 266 g/mol. The lowest BCUT2D eigenvalue weighted by Crippen LogP contribution is -2.31. The van der Waals surface area contributed by atoms with E-state index in [4.69, 9.17) is 11.6 Å². The van der Waals surface area contributed by atoms with Crippen molar-refractivity contribution in [3.8, 4) is 0 Å². The Balaban J connectivity index is 2.26. The van der Waals surface area contributed by atoms with Gasteiger partial charge in [-0.25, -0.2) is 4.52 Å². The molecule has 1 amide bonds. The zero-order valence-corrected chi connectivity index (χ0v) is 11.0. The van der Waals surface area contributed by atoms with E-state index in [0.29, 0.717) is 24.5 Å². The van der Waals surface area contributed by atoms with Gasteiger partial charge >= 0.3 is 0 Å². The maximum atomic E-state index is 12.4. The molecule has 18 heavy (non-hydrogen) atoms. The summed E-state index contributed by atoms with van der Waals surface area (Å²) < 4.78 is 1.65.